The van der Waals surface area contributed by atoms with Gasteiger partial charge in [-0.15, -0.1) is 0 Å². The highest BCUT2D eigenvalue weighted by molar-refractivity contribution is 7.89. The smallest absolute Gasteiger partial charge is 0.410 e. The Labute approximate surface area is 253 Å². The highest BCUT2D eigenvalue weighted by Crippen LogP contribution is 2.30. The SMILES string of the molecule is CC(C)Oc1cc(-c2ccc(OCCN(C[C@H](O)c3ccccc3)C(=O)OC(C)(C)C)cc2)ccc1C(=O)NS(C)(=O)=O. The number of aliphatic hydroxyl groups excluding tert-OH is 1. The van der Waals surface area contributed by atoms with E-state index in [9.17, 15) is 23.1 Å². The molecule has 43 heavy (non-hydrogen) atoms. The van der Waals surface area contributed by atoms with Crippen LogP contribution < -0.4 is 14.2 Å². The van der Waals surface area contributed by atoms with Crippen molar-refractivity contribution in [1.29, 1.82) is 0 Å². The van der Waals surface area contributed by atoms with E-state index in [1.165, 1.54) is 11.0 Å². The predicted octanol–water partition coefficient (Wildman–Crippen LogP) is 5.18. The molecule has 0 spiro atoms. The quantitative estimate of drug-likeness (QED) is 0.286. The lowest BCUT2D eigenvalue weighted by Crippen LogP contribution is -2.41. The van der Waals surface area contributed by atoms with E-state index in [-0.39, 0.29) is 37.1 Å². The number of sulfonamides is 1. The van der Waals surface area contributed by atoms with Gasteiger partial charge >= 0.3 is 6.09 Å². The van der Waals surface area contributed by atoms with Crippen molar-refractivity contribution in [1.82, 2.24) is 9.62 Å². The normalized spacial score (nSPS) is 12.4. The molecule has 232 valence electrons. The summed E-state index contributed by atoms with van der Waals surface area (Å²) in [6.45, 7) is 9.36. The Bertz CT molecular complexity index is 1480. The van der Waals surface area contributed by atoms with E-state index in [1.54, 1.807) is 57.2 Å². The molecule has 0 aliphatic carbocycles. The monoisotopic (exact) mass is 612 g/mol. The zero-order valence-corrected chi connectivity index (χ0v) is 26.2. The lowest BCUT2D eigenvalue weighted by Gasteiger charge is -2.29. The van der Waals surface area contributed by atoms with E-state index in [2.05, 4.69) is 0 Å². The molecule has 3 aromatic rings. The van der Waals surface area contributed by atoms with Crippen molar-refractivity contribution in [2.45, 2.75) is 52.4 Å². The van der Waals surface area contributed by atoms with E-state index in [0.29, 0.717) is 11.3 Å². The van der Waals surface area contributed by atoms with Crippen LogP contribution in [0.15, 0.2) is 72.8 Å². The topological polar surface area (TPSA) is 131 Å². The number of amides is 2. The van der Waals surface area contributed by atoms with Crippen LogP contribution in [-0.4, -0.2) is 68.1 Å². The summed E-state index contributed by atoms with van der Waals surface area (Å²) in [6.07, 6.45) is -0.768. The number of benzene rings is 3. The molecule has 1 atom stereocenters. The summed E-state index contributed by atoms with van der Waals surface area (Å²) < 4.78 is 42.3. The molecule has 0 aromatic heterocycles. The Balaban J connectivity index is 1.70. The van der Waals surface area contributed by atoms with Crippen molar-refractivity contribution in [3.05, 3.63) is 83.9 Å². The lowest BCUT2D eigenvalue weighted by molar-refractivity contribution is 0.0117. The van der Waals surface area contributed by atoms with E-state index in [1.807, 2.05) is 48.9 Å². The molecular formula is C32H40N2O8S. The van der Waals surface area contributed by atoms with Gasteiger partial charge in [0.05, 0.1) is 37.1 Å². The minimum Gasteiger partial charge on any atom is -0.492 e. The number of carbonyl (C=O) groups is 2. The van der Waals surface area contributed by atoms with Gasteiger partial charge in [-0.05, 0) is 75.6 Å². The highest BCUT2D eigenvalue weighted by atomic mass is 32.2. The van der Waals surface area contributed by atoms with Crippen molar-refractivity contribution < 1.29 is 37.3 Å². The minimum atomic E-state index is -3.74. The summed E-state index contributed by atoms with van der Waals surface area (Å²) in [6, 6.07) is 21.2. The summed E-state index contributed by atoms with van der Waals surface area (Å²) in [5, 5.41) is 10.7. The zero-order valence-electron chi connectivity index (χ0n) is 25.4. The first-order chi connectivity index (χ1) is 20.1. The van der Waals surface area contributed by atoms with Gasteiger partial charge in [0, 0.05) is 0 Å². The molecule has 2 amide bonds. The van der Waals surface area contributed by atoms with Crippen molar-refractivity contribution in [2.75, 3.05) is 26.0 Å². The van der Waals surface area contributed by atoms with Gasteiger partial charge in [-0.25, -0.2) is 17.9 Å². The number of aliphatic hydroxyl groups is 1. The van der Waals surface area contributed by atoms with E-state index in [4.69, 9.17) is 14.2 Å². The Morgan fingerprint density at radius 3 is 2.16 bits per heavy atom. The summed E-state index contributed by atoms with van der Waals surface area (Å²) >= 11 is 0. The first-order valence-corrected chi connectivity index (χ1v) is 15.8. The molecular weight excluding hydrogens is 572 g/mol. The molecule has 3 aromatic carbocycles. The third kappa shape index (κ3) is 10.9. The van der Waals surface area contributed by atoms with Crippen LogP contribution in [0.2, 0.25) is 0 Å². The molecule has 3 rings (SSSR count). The Hall–Kier alpha value is -4.09. The molecule has 0 aliphatic rings. The van der Waals surface area contributed by atoms with Gasteiger partial charge in [-0.1, -0.05) is 48.5 Å². The zero-order chi connectivity index (χ0) is 31.8. The molecule has 0 saturated carbocycles. The molecule has 0 saturated heterocycles. The maximum Gasteiger partial charge on any atom is 0.410 e. The molecule has 0 radical (unpaired) electrons. The van der Waals surface area contributed by atoms with Gasteiger partial charge in [0.15, 0.2) is 0 Å². The maximum atomic E-state index is 12.9. The fourth-order valence-electron chi connectivity index (χ4n) is 4.05. The number of hydrogen-bond donors (Lipinski definition) is 2. The van der Waals surface area contributed by atoms with Crippen molar-refractivity contribution in [3.8, 4) is 22.6 Å². The minimum absolute atomic E-state index is 0.0419. The van der Waals surface area contributed by atoms with Crippen LogP contribution in [0.4, 0.5) is 4.79 Å². The Kier molecular flexibility index (Phi) is 11.2. The second kappa shape index (κ2) is 14.4. The van der Waals surface area contributed by atoms with E-state index in [0.717, 1.165) is 17.4 Å². The fraction of sp³-hybridized carbons (Fsp3) is 0.375. The van der Waals surface area contributed by atoms with Crippen LogP contribution in [0.3, 0.4) is 0 Å². The Morgan fingerprint density at radius 1 is 0.953 bits per heavy atom. The van der Waals surface area contributed by atoms with Crippen LogP contribution in [0.5, 0.6) is 11.5 Å². The molecule has 11 heteroatoms. The van der Waals surface area contributed by atoms with Gasteiger partial charge in [0.1, 0.15) is 23.7 Å². The van der Waals surface area contributed by atoms with Crippen molar-refractivity contribution in [2.24, 2.45) is 0 Å². The molecule has 10 nitrogen and oxygen atoms in total. The number of rotatable bonds is 12. The van der Waals surface area contributed by atoms with Crippen LogP contribution >= 0.6 is 0 Å². The first kappa shape index (κ1) is 33.4. The molecule has 0 aliphatic heterocycles. The number of ether oxygens (including phenoxy) is 3. The number of nitrogens with one attached hydrogen (secondary N) is 1. The van der Waals surface area contributed by atoms with Gasteiger partial charge in [-0.2, -0.15) is 0 Å². The average molecular weight is 613 g/mol. The average Bonchev–Trinajstić information content (AvgIpc) is 2.91. The van der Waals surface area contributed by atoms with Crippen molar-refractivity contribution in [3.63, 3.8) is 0 Å². The number of hydrogen-bond acceptors (Lipinski definition) is 8. The van der Waals surface area contributed by atoms with Crippen LogP contribution in [0.25, 0.3) is 11.1 Å². The van der Waals surface area contributed by atoms with Crippen LogP contribution in [0.1, 0.15) is 56.6 Å². The molecule has 2 N–H and O–H groups in total. The lowest BCUT2D eigenvalue weighted by atomic mass is 10.0. The Morgan fingerprint density at radius 2 is 1.58 bits per heavy atom. The van der Waals surface area contributed by atoms with Gasteiger partial charge < -0.3 is 24.2 Å². The molecule has 0 fully saturated rings. The summed E-state index contributed by atoms with van der Waals surface area (Å²) in [5.74, 6) is 0.0540. The largest absolute Gasteiger partial charge is 0.492 e. The third-order valence-electron chi connectivity index (χ3n) is 5.91. The molecule has 0 unspecified atom stereocenters. The highest BCUT2D eigenvalue weighted by Gasteiger charge is 2.25. The second-order valence-corrected chi connectivity index (χ2v) is 13.1. The third-order valence-corrected chi connectivity index (χ3v) is 6.47. The summed E-state index contributed by atoms with van der Waals surface area (Å²) in [7, 11) is -3.74. The fourth-order valence-corrected chi connectivity index (χ4v) is 4.50. The van der Waals surface area contributed by atoms with Crippen LogP contribution in [0, 0.1) is 0 Å². The standard InChI is InChI=1S/C32H40N2O8S/c1-22(2)41-29-20-25(14-17-27(29)30(36)33-43(6,38)39)23-12-15-26(16-13-23)40-19-18-34(31(37)42-32(3,4)5)21-28(35)24-10-8-7-9-11-24/h7-17,20,22,28,35H,18-19,21H2,1-6H3,(H,33,36)/t28-/m0/s1. The van der Waals surface area contributed by atoms with E-state index >= 15 is 0 Å². The number of nitrogens with zero attached hydrogens (tertiary/aromatic N) is 1. The van der Waals surface area contributed by atoms with Gasteiger partial charge in [0.25, 0.3) is 5.91 Å². The predicted molar refractivity (Wildman–Crippen MR) is 165 cm³/mol. The van der Waals surface area contributed by atoms with Gasteiger partial charge in [-0.3, -0.25) is 4.79 Å². The second-order valence-electron chi connectivity index (χ2n) is 11.3. The molecule has 0 bridgehead atoms. The summed E-state index contributed by atoms with van der Waals surface area (Å²) in [4.78, 5) is 26.8. The maximum absolute atomic E-state index is 12.9. The van der Waals surface area contributed by atoms with Gasteiger partial charge in [0.2, 0.25) is 10.0 Å². The summed E-state index contributed by atoms with van der Waals surface area (Å²) in [5.41, 5.74) is 1.68. The van der Waals surface area contributed by atoms with Crippen molar-refractivity contribution >= 4 is 22.0 Å². The van der Waals surface area contributed by atoms with Crippen LogP contribution in [-0.2, 0) is 14.8 Å². The first-order valence-electron chi connectivity index (χ1n) is 13.9. The van der Waals surface area contributed by atoms with E-state index < -0.39 is 33.7 Å². The molecule has 0 heterocycles. The number of carbonyl (C=O) groups excluding carboxylic acids is 2.